The second-order valence-corrected chi connectivity index (χ2v) is 5.69. The van der Waals surface area contributed by atoms with E-state index in [1.54, 1.807) is 4.57 Å². The number of aryl methyl sites for hydroxylation is 1. The summed E-state index contributed by atoms with van der Waals surface area (Å²) in [5, 5.41) is 3.21. The van der Waals surface area contributed by atoms with Gasteiger partial charge in [0.05, 0.1) is 0 Å². The minimum Gasteiger partial charge on any atom is -0.333 e. The van der Waals surface area contributed by atoms with Crippen molar-refractivity contribution in [3.05, 3.63) is 24.0 Å². The predicted molar refractivity (Wildman–Crippen MR) is 70.6 cm³/mol. The van der Waals surface area contributed by atoms with Crippen LogP contribution in [0.3, 0.4) is 0 Å². The SMILES string of the molecule is Cc1ccn(C(=O)N[C@@H]2C3CCN(CC3)[C@@H]2C)c1. The lowest BCUT2D eigenvalue weighted by Crippen LogP contribution is -2.62. The van der Waals surface area contributed by atoms with Crippen molar-refractivity contribution < 1.29 is 4.79 Å². The average molecular weight is 247 g/mol. The maximum atomic E-state index is 12.2. The van der Waals surface area contributed by atoms with E-state index >= 15 is 0 Å². The zero-order valence-electron chi connectivity index (χ0n) is 11.1. The first-order valence-corrected chi connectivity index (χ1v) is 6.84. The molecule has 3 aliphatic rings. The van der Waals surface area contributed by atoms with Crippen molar-refractivity contribution in [1.29, 1.82) is 0 Å². The van der Waals surface area contributed by atoms with Crippen LogP contribution in [0.2, 0.25) is 0 Å². The van der Waals surface area contributed by atoms with E-state index in [1.165, 1.54) is 25.9 Å². The number of hydrogen-bond donors (Lipinski definition) is 1. The number of fused-ring (bicyclic) bond motifs is 3. The molecule has 0 aromatic carbocycles. The summed E-state index contributed by atoms with van der Waals surface area (Å²) in [5.41, 5.74) is 1.12. The first kappa shape index (κ1) is 11.8. The van der Waals surface area contributed by atoms with Crippen LogP contribution in [-0.2, 0) is 0 Å². The van der Waals surface area contributed by atoms with Crippen LogP contribution in [0.4, 0.5) is 4.79 Å². The smallest absolute Gasteiger partial charge is 0.325 e. The Morgan fingerprint density at radius 2 is 2.11 bits per heavy atom. The highest BCUT2D eigenvalue weighted by Gasteiger charge is 2.40. The Kier molecular flexibility index (Phi) is 2.90. The lowest BCUT2D eigenvalue weighted by Gasteiger charge is -2.49. The van der Waals surface area contributed by atoms with Crippen LogP contribution >= 0.6 is 0 Å². The van der Waals surface area contributed by atoms with E-state index in [-0.39, 0.29) is 6.03 Å². The van der Waals surface area contributed by atoms with E-state index < -0.39 is 0 Å². The molecule has 18 heavy (non-hydrogen) atoms. The zero-order valence-corrected chi connectivity index (χ0v) is 11.1. The van der Waals surface area contributed by atoms with Crippen LogP contribution in [-0.4, -0.2) is 40.7 Å². The second-order valence-electron chi connectivity index (χ2n) is 5.69. The second kappa shape index (κ2) is 4.43. The van der Waals surface area contributed by atoms with Crippen molar-refractivity contribution in [3.8, 4) is 0 Å². The zero-order chi connectivity index (χ0) is 12.7. The molecule has 2 bridgehead atoms. The summed E-state index contributed by atoms with van der Waals surface area (Å²) >= 11 is 0. The summed E-state index contributed by atoms with van der Waals surface area (Å²) in [6.07, 6.45) is 6.15. The minimum atomic E-state index is 0.00806. The molecule has 0 unspecified atom stereocenters. The first-order valence-electron chi connectivity index (χ1n) is 6.84. The van der Waals surface area contributed by atoms with Crippen LogP contribution in [0, 0.1) is 12.8 Å². The van der Waals surface area contributed by atoms with Gasteiger partial charge in [0, 0.05) is 24.5 Å². The molecule has 4 heteroatoms. The highest BCUT2D eigenvalue weighted by Crippen LogP contribution is 2.32. The number of nitrogens with zero attached hydrogens (tertiary/aromatic N) is 2. The molecule has 4 nitrogen and oxygen atoms in total. The lowest BCUT2D eigenvalue weighted by molar-refractivity contribution is 0.0267. The predicted octanol–water partition coefficient (Wildman–Crippen LogP) is 1.84. The van der Waals surface area contributed by atoms with Crippen molar-refractivity contribution in [2.45, 2.75) is 38.8 Å². The molecule has 0 radical (unpaired) electrons. The molecule has 1 aromatic heterocycles. The van der Waals surface area contributed by atoms with Gasteiger partial charge in [-0.1, -0.05) is 0 Å². The van der Waals surface area contributed by atoms with Gasteiger partial charge in [-0.2, -0.15) is 0 Å². The third kappa shape index (κ3) is 1.94. The summed E-state index contributed by atoms with van der Waals surface area (Å²) in [6.45, 7) is 6.62. The van der Waals surface area contributed by atoms with Gasteiger partial charge in [0.25, 0.3) is 0 Å². The molecule has 4 rings (SSSR count). The molecule has 4 heterocycles. The summed E-state index contributed by atoms with van der Waals surface area (Å²) in [4.78, 5) is 14.7. The van der Waals surface area contributed by atoms with E-state index in [0.29, 0.717) is 18.0 Å². The van der Waals surface area contributed by atoms with Crippen molar-refractivity contribution >= 4 is 6.03 Å². The summed E-state index contributed by atoms with van der Waals surface area (Å²) < 4.78 is 1.65. The molecular formula is C14H21N3O. The molecule has 3 aliphatic heterocycles. The van der Waals surface area contributed by atoms with E-state index in [0.717, 1.165) is 5.56 Å². The van der Waals surface area contributed by atoms with Crippen molar-refractivity contribution in [2.75, 3.05) is 13.1 Å². The van der Waals surface area contributed by atoms with Crippen LogP contribution in [0.15, 0.2) is 18.5 Å². The van der Waals surface area contributed by atoms with Gasteiger partial charge in [-0.05, 0) is 57.3 Å². The Balaban J connectivity index is 1.71. The van der Waals surface area contributed by atoms with E-state index in [9.17, 15) is 4.79 Å². The van der Waals surface area contributed by atoms with Gasteiger partial charge in [-0.15, -0.1) is 0 Å². The fourth-order valence-electron chi connectivity index (χ4n) is 3.39. The molecule has 2 atom stereocenters. The Morgan fingerprint density at radius 1 is 1.39 bits per heavy atom. The topological polar surface area (TPSA) is 37.3 Å². The van der Waals surface area contributed by atoms with Gasteiger partial charge >= 0.3 is 6.03 Å². The first-order chi connectivity index (χ1) is 8.65. The number of aromatic nitrogens is 1. The molecule has 1 amide bonds. The van der Waals surface area contributed by atoms with Gasteiger partial charge in [-0.3, -0.25) is 9.47 Å². The van der Waals surface area contributed by atoms with Crippen molar-refractivity contribution in [1.82, 2.24) is 14.8 Å². The highest BCUT2D eigenvalue weighted by molar-refractivity contribution is 5.77. The number of hydrogen-bond acceptors (Lipinski definition) is 2. The van der Waals surface area contributed by atoms with Gasteiger partial charge in [0.2, 0.25) is 0 Å². The number of carbonyl (C=O) groups excluding carboxylic acids is 1. The quantitative estimate of drug-likeness (QED) is 0.822. The minimum absolute atomic E-state index is 0.00806. The normalized spacial score (nSPS) is 34.6. The van der Waals surface area contributed by atoms with Crippen molar-refractivity contribution in [2.24, 2.45) is 5.92 Å². The number of rotatable bonds is 1. The molecule has 98 valence electrons. The van der Waals surface area contributed by atoms with Crippen molar-refractivity contribution in [3.63, 3.8) is 0 Å². The highest BCUT2D eigenvalue weighted by atomic mass is 16.2. The third-order valence-corrected chi connectivity index (χ3v) is 4.54. The summed E-state index contributed by atoms with van der Waals surface area (Å²) in [5.74, 6) is 0.658. The van der Waals surface area contributed by atoms with Gasteiger partial charge in [0.1, 0.15) is 0 Å². The molecule has 3 saturated heterocycles. The van der Waals surface area contributed by atoms with Crippen LogP contribution in [0.25, 0.3) is 0 Å². The Bertz CT molecular complexity index is 444. The molecule has 3 fully saturated rings. The van der Waals surface area contributed by atoms with E-state index in [4.69, 9.17) is 0 Å². The maximum Gasteiger partial charge on any atom is 0.325 e. The summed E-state index contributed by atoms with van der Waals surface area (Å²) in [7, 11) is 0. The maximum absolute atomic E-state index is 12.2. The van der Waals surface area contributed by atoms with Gasteiger partial charge in [0.15, 0.2) is 0 Å². The standard InChI is InChI=1S/C14H21N3O/c1-10-3-6-17(9-10)14(18)15-13-11(2)16-7-4-12(13)5-8-16/h3,6,9,11-13H,4-5,7-8H2,1-2H3,(H,15,18)/t11-,13+/m1/s1. The molecule has 0 aliphatic carbocycles. The molecular weight excluding hydrogens is 226 g/mol. The van der Waals surface area contributed by atoms with E-state index in [1.807, 2.05) is 25.4 Å². The third-order valence-electron chi connectivity index (χ3n) is 4.54. The average Bonchev–Trinajstić information content (AvgIpc) is 2.81. The molecule has 1 aromatic rings. The molecule has 0 saturated carbocycles. The number of nitrogens with one attached hydrogen (secondary N) is 1. The summed E-state index contributed by atoms with van der Waals surface area (Å²) in [6, 6.07) is 2.74. The van der Waals surface area contributed by atoms with Gasteiger partial charge < -0.3 is 5.32 Å². The number of amides is 1. The Hall–Kier alpha value is -1.29. The molecule has 1 N–H and O–H groups in total. The Labute approximate surface area is 108 Å². The fourth-order valence-corrected chi connectivity index (χ4v) is 3.39. The van der Waals surface area contributed by atoms with Crippen LogP contribution < -0.4 is 5.32 Å². The van der Waals surface area contributed by atoms with Crippen LogP contribution in [0.1, 0.15) is 25.3 Å². The molecule has 0 spiro atoms. The van der Waals surface area contributed by atoms with Gasteiger partial charge in [-0.25, -0.2) is 4.79 Å². The fraction of sp³-hybridized carbons (Fsp3) is 0.643. The lowest BCUT2D eigenvalue weighted by atomic mass is 9.79. The van der Waals surface area contributed by atoms with Crippen LogP contribution in [0.5, 0.6) is 0 Å². The van der Waals surface area contributed by atoms with E-state index in [2.05, 4.69) is 17.1 Å². The number of carbonyl (C=O) groups is 1. The monoisotopic (exact) mass is 247 g/mol. The number of piperidine rings is 3. The largest absolute Gasteiger partial charge is 0.333 e. The Morgan fingerprint density at radius 3 is 2.67 bits per heavy atom.